The van der Waals surface area contributed by atoms with Gasteiger partial charge in [0, 0.05) is 38.1 Å². The Morgan fingerprint density at radius 1 is 1.07 bits per heavy atom. The number of nitrogens with zero attached hydrogens (tertiary/aromatic N) is 5. The van der Waals surface area contributed by atoms with Crippen molar-refractivity contribution in [3.63, 3.8) is 0 Å². The summed E-state index contributed by atoms with van der Waals surface area (Å²) in [5.41, 5.74) is 2.62. The van der Waals surface area contributed by atoms with Crippen LogP contribution in [0.5, 0.6) is 5.75 Å². The molecule has 30 heavy (non-hydrogen) atoms. The summed E-state index contributed by atoms with van der Waals surface area (Å²) in [6.45, 7) is 4.92. The molecular weight excluding hydrogens is 402 g/mol. The minimum Gasteiger partial charge on any atom is -0.497 e. The van der Waals surface area contributed by atoms with E-state index in [0.717, 1.165) is 28.4 Å². The first-order chi connectivity index (χ1) is 14.5. The monoisotopic (exact) mass is 429 g/mol. The van der Waals surface area contributed by atoms with Crippen LogP contribution in [-0.4, -0.2) is 71.2 Å². The van der Waals surface area contributed by atoms with Crippen LogP contribution >= 0.6 is 0 Å². The number of methoxy groups -OCH3 is 1. The van der Waals surface area contributed by atoms with E-state index in [4.69, 9.17) is 9.72 Å². The highest BCUT2D eigenvalue weighted by Gasteiger charge is 2.27. The highest BCUT2D eigenvalue weighted by molar-refractivity contribution is 7.89. The third-order valence-electron chi connectivity index (χ3n) is 5.37. The first-order valence-corrected chi connectivity index (χ1v) is 11.8. The highest BCUT2D eigenvalue weighted by Crippen LogP contribution is 2.23. The number of sulfonamides is 1. The van der Waals surface area contributed by atoms with Gasteiger partial charge in [0.25, 0.3) is 0 Å². The van der Waals surface area contributed by atoms with E-state index in [1.54, 1.807) is 17.6 Å². The van der Waals surface area contributed by atoms with E-state index >= 15 is 0 Å². The molecule has 3 aromatic rings. The minimum atomic E-state index is -3.14. The van der Waals surface area contributed by atoms with Gasteiger partial charge in [0.15, 0.2) is 5.65 Å². The predicted molar refractivity (Wildman–Crippen MR) is 116 cm³/mol. The maximum Gasteiger partial charge on any atom is 0.214 e. The predicted octanol–water partition coefficient (Wildman–Crippen LogP) is 2.29. The van der Waals surface area contributed by atoms with Crippen LogP contribution in [0.1, 0.15) is 19.2 Å². The van der Waals surface area contributed by atoms with Crippen LogP contribution in [0.4, 0.5) is 0 Å². The van der Waals surface area contributed by atoms with Gasteiger partial charge in [0.05, 0.1) is 19.4 Å². The lowest BCUT2D eigenvalue weighted by Crippen LogP contribution is -2.49. The van der Waals surface area contributed by atoms with Crippen molar-refractivity contribution in [2.45, 2.75) is 19.9 Å². The first-order valence-electron chi connectivity index (χ1n) is 10.2. The molecule has 1 aromatic carbocycles. The Balaban J connectivity index is 1.58. The summed E-state index contributed by atoms with van der Waals surface area (Å²) in [5.74, 6) is 1.90. The van der Waals surface area contributed by atoms with Crippen LogP contribution in [-0.2, 0) is 16.6 Å². The molecule has 0 atom stereocenters. The fourth-order valence-corrected chi connectivity index (χ4v) is 5.31. The van der Waals surface area contributed by atoms with Crippen molar-refractivity contribution in [3.05, 3.63) is 48.4 Å². The van der Waals surface area contributed by atoms with E-state index in [9.17, 15) is 8.42 Å². The van der Waals surface area contributed by atoms with E-state index < -0.39 is 10.0 Å². The SMILES string of the molecule is CCCS(=O)(=O)N1CCN(Cc2nc3cccnc3n2-c2ccc(OC)cc2)CC1. The number of aromatic nitrogens is 3. The molecule has 1 aliphatic rings. The number of ether oxygens (including phenoxy) is 1. The van der Waals surface area contributed by atoms with Crippen molar-refractivity contribution in [2.24, 2.45) is 0 Å². The smallest absolute Gasteiger partial charge is 0.214 e. The maximum atomic E-state index is 12.3. The van der Waals surface area contributed by atoms with Gasteiger partial charge in [-0.25, -0.2) is 18.4 Å². The fourth-order valence-electron chi connectivity index (χ4n) is 3.82. The molecule has 3 heterocycles. The Labute approximate surface area is 177 Å². The summed E-state index contributed by atoms with van der Waals surface area (Å²) in [7, 11) is -1.50. The molecule has 9 heteroatoms. The number of hydrogen-bond acceptors (Lipinski definition) is 6. The van der Waals surface area contributed by atoms with Crippen molar-refractivity contribution in [3.8, 4) is 11.4 Å². The van der Waals surface area contributed by atoms with Gasteiger partial charge >= 0.3 is 0 Å². The number of fused-ring (bicyclic) bond motifs is 1. The average molecular weight is 430 g/mol. The summed E-state index contributed by atoms with van der Waals surface area (Å²) >= 11 is 0. The molecule has 4 rings (SSSR count). The van der Waals surface area contributed by atoms with Crippen molar-refractivity contribution < 1.29 is 13.2 Å². The molecule has 0 N–H and O–H groups in total. The molecule has 0 radical (unpaired) electrons. The second-order valence-corrected chi connectivity index (χ2v) is 9.49. The van der Waals surface area contributed by atoms with Crippen LogP contribution in [0.25, 0.3) is 16.9 Å². The van der Waals surface area contributed by atoms with Gasteiger partial charge in [-0.1, -0.05) is 6.92 Å². The zero-order valence-corrected chi connectivity index (χ0v) is 18.2. The Morgan fingerprint density at radius 3 is 2.47 bits per heavy atom. The number of piperazine rings is 1. The summed E-state index contributed by atoms with van der Waals surface area (Å²) in [6.07, 6.45) is 2.41. The Hall–Kier alpha value is -2.49. The third kappa shape index (κ3) is 4.19. The molecule has 0 saturated carbocycles. The molecule has 0 unspecified atom stereocenters. The van der Waals surface area contributed by atoms with E-state index in [1.807, 2.05) is 43.3 Å². The van der Waals surface area contributed by atoms with E-state index in [-0.39, 0.29) is 5.75 Å². The molecule has 2 aromatic heterocycles. The molecule has 8 nitrogen and oxygen atoms in total. The lowest BCUT2D eigenvalue weighted by Gasteiger charge is -2.33. The van der Waals surface area contributed by atoms with Gasteiger partial charge in [-0.2, -0.15) is 4.31 Å². The van der Waals surface area contributed by atoms with E-state index in [1.165, 1.54) is 0 Å². The van der Waals surface area contributed by atoms with Crippen molar-refractivity contribution in [1.82, 2.24) is 23.7 Å². The summed E-state index contributed by atoms with van der Waals surface area (Å²) in [6, 6.07) is 11.7. The number of benzene rings is 1. The summed E-state index contributed by atoms with van der Waals surface area (Å²) < 4.78 is 33.6. The second-order valence-electron chi connectivity index (χ2n) is 7.40. The van der Waals surface area contributed by atoms with Gasteiger partial charge in [-0.05, 0) is 42.8 Å². The zero-order valence-electron chi connectivity index (χ0n) is 17.4. The minimum absolute atomic E-state index is 0.214. The van der Waals surface area contributed by atoms with Crippen LogP contribution in [0.15, 0.2) is 42.6 Å². The molecule has 160 valence electrons. The lowest BCUT2D eigenvalue weighted by atomic mass is 10.3. The Morgan fingerprint density at radius 2 is 1.80 bits per heavy atom. The Kier molecular flexibility index (Phi) is 6.03. The largest absolute Gasteiger partial charge is 0.497 e. The first kappa shape index (κ1) is 20.8. The van der Waals surface area contributed by atoms with Gasteiger partial charge < -0.3 is 4.74 Å². The molecule has 0 amide bonds. The van der Waals surface area contributed by atoms with Crippen molar-refractivity contribution in [1.29, 1.82) is 0 Å². The third-order valence-corrected chi connectivity index (χ3v) is 7.44. The molecule has 0 spiro atoms. The highest BCUT2D eigenvalue weighted by atomic mass is 32.2. The van der Waals surface area contributed by atoms with Gasteiger partial charge in [0.1, 0.15) is 17.1 Å². The van der Waals surface area contributed by atoms with E-state index in [0.29, 0.717) is 39.1 Å². The van der Waals surface area contributed by atoms with Gasteiger partial charge in [-0.15, -0.1) is 0 Å². The van der Waals surface area contributed by atoms with Crippen molar-refractivity contribution >= 4 is 21.2 Å². The number of hydrogen-bond donors (Lipinski definition) is 0. The average Bonchev–Trinajstić information content (AvgIpc) is 3.12. The van der Waals surface area contributed by atoms with Crippen LogP contribution in [0, 0.1) is 0 Å². The quantitative estimate of drug-likeness (QED) is 0.573. The molecule has 1 saturated heterocycles. The van der Waals surface area contributed by atoms with Crippen LogP contribution in [0.3, 0.4) is 0 Å². The molecule has 0 bridgehead atoms. The normalized spacial score (nSPS) is 16.2. The number of pyridine rings is 1. The van der Waals surface area contributed by atoms with Gasteiger partial charge in [-0.3, -0.25) is 9.47 Å². The maximum absolute atomic E-state index is 12.3. The van der Waals surface area contributed by atoms with Crippen molar-refractivity contribution in [2.75, 3.05) is 39.0 Å². The molecule has 0 aliphatic carbocycles. The fraction of sp³-hybridized carbons (Fsp3) is 0.429. The topological polar surface area (TPSA) is 80.6 Å². The Bertz CT molecular complexity index is 1100. The molecular formula is C21H27N5O3S. The van der Waals surface area contributed by atoms with Gasteiger partial charge in [0.2, 0.25) is 10.0 Å². The lowest BCUT2D eigenvalue weighted by molar-refractivity contribution is 0.177. The van der Waals surface area contributed by atoms with E-state index in [2.05, 4.69) is 14.5 Å². The standard InChI is InChI=1S/C21H27N5O3S/c1-3-15-30(27,28)25-13-11-24(12-14-25)16-20-23-19-5-4-10-22-21(19)26(20)17-6-8-18(29-2)9-7-17/h4-10H,3,11-16H2,1-2H3. The zero-order chi connectivity index (χ0) is 21.1. The molecule has 1 fully saturated rings. The second kappa shape index (κ2) is 8.71. The summed E-state index contributed by atoms with van der Waals surface area (Å²) in [5, 5.41) is 0. The number of imidazole rings is 1. The summed E-state index contributed by atoms with van der Waals surface area (Å²) in [4.78, 5) is 11.6. The number of rotatable bonds is 7. The van der Waals surface area contributed by atoms with Crippen LogP contribution in [0.2, 0.25) is 0 Å². The van der Waals surface area contributed by atoms with Crippen LogP contribution < -0.4 is 4.74 Å². The molecule has 1 aliphatic heterocycles.